The van der Waals surface area contributed by atoms with E-state index in [0.29, 0.717) is 23.4 Å². The van der Waals surface area contributed by atoms with Gasteiger partial charge in [0.2, 0.25) is 5.91 Å². The van der Waals surface area contributed by atoms with E-state index >= 15 is 0 Å². The molecule has 3 rings (SSSR count). The van der Waals surface area contributed by atoms with Gasteiger partial charge in [-0.3, -0.25) is 9.59 Å². The highest BCUT2D eigenvalue weighted by atomic mass is 16.5. The maximum atomic E-state index is 12.9. The number of hydrogen-bond donors (Lipinski definition) is 2. The van der Waals surface area contributed by atoms with Gasteiger partial charge in [0.25, 0.3) is 5.91 Å². The summed E-state index contributed by atoms with van der Waals surface area (Å²) < 4.78 is 5.32. The summed E-state index contributed by atoms with van der Waals surface area (Å²) in [5.41, 5.74) is 2.07. The van der Waals surface area contributed by atoms with Crippen LogP contribution in [0.3, 0.4) is 0 Å². The first-order valence-corrected chi connectivity index (χ1v) is 8.99. The zero-order valence-electron chi connectivity index (χ0n) is 15.6. The van der Waals surface area contributed by atoms with Gasteiger partial charge in [-0.15, -0.1) is 0 Å². The Balaban J connectivity index is 1.77. The highest BCUT2D eigenvalue weighted by Gasteiger charge is 2.23. The van der Waals surface area contributed by atoms with Crippen LogP contribution in [0.5, 0.6) is 5.75 Å². The Bertz CT molecular complexity index is 927. The molecule has 5 nitrogen and oxygen atoms in total. The summed E-state index contributed by atoms with van der Waals surface area (Å²) in [5.74, 6) is 0.107. The second-order valence-corrected chi connectivity index (χ2v) is 6.21. The molecular formula is C23H22N2O3. The lowest BCUT2D eigenvalue weighted by Crippen LogP contribution is -2.40. The maximum absolute atomic E-state index is 12.9. The van der Waals surface area contributed by atoms with Gasteiger partial charge in [-0.25, -0.2) is 0 Å². The molecule has 3 aromatic rings. The quantitative estimate of drug-likeness (QED) is 0.665. The SMILES string of the molecule is COc1ccccc1CNC(=O)[C@H](NC(=O)c1ccccc1)c1ccccc1. The summed E-state index contributed by atoms with van der Waals surface area (Å²) >= 11 is 0. The van der Waals surface area contributed by atoms with Gasteiger partial charge in [0.15, 0.2) is 0 Å². The van der Waals surface area contributed by atoms with Crippen LogP contribution in [0.1, 0.15) is 27.5 Å². The smallest absolute Gasteiger partial charge is 0.252 e. The van der Waals surface area contributed by atoms with E-state index in [1.54, 1.807) is 31.4 Å². The minimum Gasteiger partial charge on any atom is -0.496 e. The van der Waals surface area contributed by atoms with Crippen LogP contribution in [0, 0.1) is 0 Å². The van der Waals surface area contributed by atoms with Gasteiger partial charge in [0.05, 0.1) is 7.11 Å². The van der Waals surface area contributed by atoms with Gasteiger partial charge in [0.1, 0.15) is 11.8 Å². The topological polar surface area (TPSA) is 67.4 Å². The van der Waals surface area contributed by atoms with E-state index < -0.39 is 6.04 Å². The van der Waals surface area contributed by atoms with Crippen molar-refractivity contribution in [1.82, 2.24) is 10.6 Å². The highest BCUT2D eigenvalue weighted by Crippen LogP contribution is 2.18. The molecular weight excluding hydrogens is 352 g/mol. The molecule has 0 fully saturated rings. The third-order valence-corrected chi connectivity index (χ3v) is 4.35. The first-order valence-electron chi connectivity index (χ1n) is 8.99. The molecule has 5 heteroatoms. The van der Waals surface area contributed by atoms with Crippen LogP contribution in [0.25, 0.3) is 0 Å². The fourth-order valence-electron chi connectivity index (χ4n) is 2.88. The summed E-state index contributed by atoms with van der Waals surface area (Å²) in [6, 6.07) is 24.7. The van der Waals surface area contributed by atoms with Crippen molar-refractivity contribution in [2.75, 3.05) is 7.11 Å². The van der Waals surface area contributed by atoms with Gasteiger partial charge in [-0.2, -0.15) is 0 Å². The number of nitrogens with one attached hydrogen (secondary N) is 2. The van der Waals surface area contributed by atoms with Crippen LogP contribution in [-0.2, 0) is 11.3 Å². The van der Waals surface area contributed by atoms with Crippen LogP contribution in [-0.4, -0.2) is 18.9 Å². The van der Waals surface area contributed by atoms with E-state index in [0.717, 1.165) is 5.56 Å². The summed E-state index contributed by atoms with van der Waals surface area (Å²) in [6.07, 6.45) is 0. The van der Waals surface area contributed by atoms with Crippen molar-refractivity contribution >= 4 is 11.8 Å². The average Bonchev–Trinajstić information content (AvgIpc) is 2.77. The zero-order chi connectivity index (χ0) is 19.8. The lowest BCUT2D eigenvalue weighted by Gasteiger charge is -2.19. The summed E-state index contributed by atoms with van der Waals surface area (Å²) in [4.78, 5) is 25.5. The number of methoxy groups -OCH3 is 1. The van der Waals surface area contributed by atoms with Gasteiger partial charge in [-0.1, -0.05) is 66.7 Å². The summed E-state index contributed by atoms with van der Waals surface area (Å²) in [5, 5.41) is 5.73. The largest absolute Gasteiger partial charge is 0.496 e. The molecule has 0 aliphatic heterocycles. The van der Waals surface area contributed by atoms with Crippen LogP contribution in [0.15, 0.2) is 84.9 Å². The lowest BCUT2D eigenvalue weighted by molar-refractivity contribution is -0.123. The van der Waals surface area contributed by atoms with Crippen LogP contribution >= 0.6 is 0 Å². The molecule has 0 saturated carbocycles. The van der Waals surface area contributed by atoms with E-state index in [9.17, 15) is 9.59 Å². The van der Waals surface area contributed by atoms with Crippen molar-refractivity contribution in [3.63, 3.8) is 0 Å². The zero-order valence-corrected chi connectivity index (χ0v) is 15.6. The number of rotatable bonds is 7. The fourth-order valence-corrected chi connectivity index (χ4v) is 2.88. The number of carbonyl (C=O) groups is 2. The molecule has 0 aliphatic rings. The normalized spacial score (nSPS) is 11.3. The first-order chi connectivity index (χ1) is 13.7. The molecule has 1 atom stereocenters. The number of ether oxygens (including phenoxy) is 1. The van der Waals surface area contributed by atoms with E-state index in [1.807, 2.05) is 60.7 Å². The Morgan fingerprint density at radius 2 is 1.46 bits per heavy atom. The molecule has 3 aromatic carbocycles. The third-order valence-electron chi connectivity index (χ3n) is 4.35. The number of carbonyl (C=O) groups excluding carboxylic acids is 2. The molecule has 2 amide bonds. The van der Waals surface area contributed by atoms with E-state index in [1.165, 1.54) is 0 Å². The first kappa shape index (κ1) is 19.2. The van der Waals surface area contributed by atoms with Gasteiger partial charge >= 0.3 is 0 Å². The molecule has 0 heterocycles. The van der Waals surface area contributed by atoms with Gasteiger partial charge in [0, 0.05) is 17.7 Å². The standard InChI is InChI=1S/C23H22N2O3/c1-28-20-15-9-8-14-19(20)16-24-23(27)21(17-10-4-2-5-11-17)25-22(26)18-12-6-3-7-13-18/h2-15,21H,16H2,1H3,(H,24,27)(H,25,26)/t21-/m1/s1. The Hall–Kier alpha value is -3.60. The highest BCUT2D eigenvalue weighted by molar-refractivity contribution is 5.97. The average molecular weight is 374 g/mol. The van der Waals surface area contributed by atoms with E-state index in [4.69, 9.17) is 4.74 Å². The molecule has 2 N–H and O–H groups in total. The van der Waals surface area contributed by atoms with Crippen molar-refractivity contribution in [2.45, 2.75) is 12.6 Å². The molecule has 0 aliphatic carbocycles. The molecule has 0 bridgehead atoms. The lowest BCUT2D eigenvalue weighted by atomic mass is 10.0. The molecule has 142 valence electrons. The number of hydrogen-bond acceptors (Lipinski definition) is 3. The van der Waals surface area contributed by atoms with Crippen molar-refractivity contribution in [2.24, 2.45) is 0 Å². The predicted molar refractivity (Wildman–Crippen MR) is 108 cm³/mol. The summed E-state index contributed by atoms with van der Waals surface area (Å²) in [7, 11) is 1.59. The predicted octanol–water partition coefficient (Wildman–Crippen LogP) is 3.48. The van der Waals surface area contributed by atoms with Crippen LogP contribution in [0.2, 0.25) is 0 Å². The maximum Gasteiger partial charge on any atom is 0.252 e. The minimum atomic E-state index is -0.802. The molecule has 0 spiro atoms. The Morgan fingerprint density at radius 1 is 0.857 bits per heavy atom. The minimum absolute atomic E-state index is 0.290. The molecule has 0 aromatic heterocycles. The van der Waals surface area contributed by atoms with Crippen molar-refractivity contribution in [3.05, 3.63) is 102 Å². The molecule has 0 saturated heterocycles. The Kier molecular flexibility index (Phi) is 6.41. The van der Waals surface area contributed by atoms with Crippen molar-refractivity contribution in [3.8, 4) is 5.75 Å². The fraction of sp³-hybridized carbons (Fsp3) is 0.130. The van der Waals surface area contributed by atoms with Gasteiger partial charge < -0.3 is 15.4 Å². The monoisotopic (exact) mass is 374 g/mol. The summed E-state index contributed by atoms with van der Waals surface area (Å²) in [6.45, 7) is 0.299. The third kappa shape index (κ3) is 4.76. The molecule has 0 radical (unpaired) electrons. The second kappa shape index (κ2) is 9.37. The van der Waals surface area contributed by atoms with E-state index in [2.05, 4.69) is 10.6 Å². The van der Waals surface area contributed by atoms with Gasteiger partial charge in [-0.05, 0) is 23.8 Å². The van der Waals surface area contributed by atoms with Crippen LogP contribution < -0.4 is 15.4 Å². The number of benzene rings is 3. The number of para-hydroxylation sites is 1. The second-order valence-electron chi connectivity index (χ2n) is 6.21. The Labute approximate surface area is 164 Å². The van der Waals surface area contributed by atoms with Crippen LogP contribution in [0.4, 0.5) is 0 Å². The molecule has 0 unspecified atom stereocenters. The molecule has 28 heavy (non-hydrogen) atoms. The Morgan fingerprint density at radius 3 is 2.14 bits per heavy atom. The van der Waals surface area contributed by atoms with Crippen molar-refractivity contribution < 1.29 is 14.3 Å². The number of amides is 2. The van der Waals surface area contributed by atoms with Crippen molar-refractivity contribution in [1.29, 1.82) is 0 Å². The van der Waals surface area contributed by atoms with E-state index in [-0.39, 0.29) is 11.8 Å².